The first-order chi connectivity index (χ1) is 10.3. The summed E-state index contributed by atoms with van der Waals surface area (Å²) in [5, 5.41) is 8.16. The fraction of sp³-hybridized carbons (Fsp3) is 0.533. The third-order valence-corrected chi connectivity index (χ3v) is 4.05. The molecule has 6 heteroatoms. The van der Waals surface area contributed by atoms with E-state index in [1.165, 1.54) is 0 Å². The number of hydrogen-bond donors (Lipinski definition) is 0. The summed E-state index contributed by atoms with van der Waals surface area (Å²) < 4.78 is 7.27. The molecule has 0 radical (unpaired) electrons. The van der Waals surface area contributed by atoms with E-state index in [0.717, 1.165) is 44.7 Å². The van der Waals surface area contributed by atoms with Crippen LogP contribution in [0.2, 0.25) is 0 Å². The number of piperidine rings is 1. The van der Waals surface area contributed by atoms with E-state index < -0.39 is 0 Å². The molecule has 112 valence electrons. The van der Waals surface area contributed by atoms with Gasteiger partial charge in [-0.25, -0.2) is 0 Å². The SMILES string of the molecule is CCn1cnnc1CC1CCCN(C(=O)c2ccco2)C1. The third-order valence-electron chi connectivity index (χ3n) is 4.05. The van der Waals surface area contributed by atoms with Crippen LogP contribution < -0.4 is 0 Å². The Morgan fingerprint density at radius 3 is 3.19 bits per heavy atom. The summed E-state index contributed by atoms with van der Waals surface area (Å²) >= 11 is 0. The molecule has 2 aromatic heterocycles. The van der Waals surface area contributed by atoms with E-state index in [2.05, 4.69) is 21.7 Å². The number of likely N-dealkylation sites (tertiary alicyclic amines) is 1. The largest absolute Gasteiger partial charge is 0.459 e. The average molecular weight is 288 g/mol. The molecule has 1 amide bonds. The predicted molar refractivity (Wildman–Crippen MR) is 76.7 cm³/mol. The molecule has 1 atom stereocenters. The van der Waals surface area contributed by atoms with Crippen molar-refractivity contribution in [1.82, 2.24) is 19.7 Å². The molecule has 1 unspecified atom stereocenters. The predicted octanol–water partition coefficient (Wildman–Crippen LogP) is 1.99. The zero-order valence-corrected chi connectivity index (χ0v) is 12.2. The van der Waals surface area contributed by atoms with Gasteiger partial charge in [0.2, 0.25) is 0 Å². The highest BCUT2D eigenvalue weighted by molar-refractivity contribution is 5.91. The number of furan rings is 1. The normalized spacial score (nSPS) is 18.9. The van der Waals surface area contributed by atoms with Crippen molar-refractivity contribution in [2.24, 2.45) is 5.92 Å². The molecule has 1 aliphatic heterocycles. The molecule has 0 N–H and O–H groups in total. The molecule has 3 rings (SSSR count). The molecule has 21 heavy (non-hydrogen) atoms. The average Bonchev–Trinajstić information content (AvgIpc) is 3.18. The lowest BCUT2D eigenvalue weighted by atomic mass is 9.94. The molecule has 0 saturated carbocycles. The van der Waals surface area contributed by atoms with E-state index in [4.69, 9.17) is 4.42 Å². The van der Waals surface area contributed by atoms with Gasteiger partial charge < -0.3 is 13.9 Å². The second kappa shape index (κ2) is 6.11. The lowest BCUT2D eigenvalue weighted by molar-refractivity contribution is 0.0639. The van der Waals surface area contributed by atoms with E-state index >= 15 is 0 Å². The maximum absolute atomic E-state index is 12.3. The number of nitrogens with zero attached hydrogens (tertiary/aromatic N) is 4. The van der Waals surface area contributed by atoms with Crippen molar-refractivity contribution in [1.29, 1.82) is 0 Å². The fourth-order valence-corrected chi connectivity index (χ4v) is 2.93. The van der Waals surface area contributed by atoms with Gasteiger partial charge in [-0.2, -0.15) is 0 Å². The van der Waals surface area contributed by atoms with Gasteiger partial charge >= 0.3 is 0 Å². The van der Waals surface area contributed by atoms with Crippen molar-refractivity contribution in [3.8, 4) is 0 Å². The van der Waals surface area contributed by atoms with Crippen LogP contribution in [-0.2, 0) is 13.0 Å². The molecular weight excluding hydrogens is 268 g/mol. The van der Waals surface area contributed by atoms with Crippen LogP contribution in [0.3, 0.4) is 0 Å². The second-order valence-electron chi connectivity index (χ2n) is 5.47. The van der Waals surface area contributed by atoms with Crippen LogP contribution in [0.4, 0.5) is 0 Å². The molecule has 1 fully saturated rings. The molecule has 2 aromatic rings. The zero-order chi connectivity index (χ0) is 14.7. The second-order valence-corrected chi connectivity index (χ2v) is 5.47. The third kappa shape index (κ3) is 2.99. The lowest BCUT2D eigenvalue weighted by Gasteiger charge is -2.32. The van der Waals surface area contributed by atoms with Crippen LogP contribution in [0.25, 0.3) is 0 Å². The number of carbonyl (C=O) groups excluding carboxylic acids is 1. The van der Waals surface area contributed by atoms with Gasteiger partial charge in [-0.15, -0.1) is 10.2 Å². The van der Waals surface area contributed by atoms with Crippen molar-refractivity contribution in [2.45, 2.75) is 32.7 Å². The number of carbonyl (C=O) groups is 1. The Hall–Kier alpha value is -2.11. The van der Waals surface area contributed by atoms with Crippen LogP contribution >= 0.6 is 0 Å². The topological polar surface area (TPSA) is 64.2 Å². The Bertz CT molecular complexity index is 591. The number of hydrogen-bond acceptors (Lipinski definition) is 4. The standard InChI is InChI=1S/C15H20N4O2/c1-2-18-11-16-17-14(18)9-12-5-3-7-19(10-12)15(20)13-6-4-8-21-13/h4,6,8,11-12H,2-3,5,7,9-10H2,1H3. The van der Waals surface area contributed by atoms with Gasteiger partial charge in [0.15, 0.2) is 5.76 Å². The summed E-state index contributed by atoms with van der Waals surface area (Å²) in [5.74, 6) is 1.86. The van der Waals surface area contributed by atoms with Gasteiger partial charge in [-0.1, -0.05) is 0 Å². The quantitative estimate of drug-likeness (QED) is 0.863. The van der Waals surface area contributed by atoms with E-state index in [-0.39, 0.29) is 5.91 Å². The first-order valence-corrected chi connectivity index (χ1v) is 7.47. The van der Waals surface area contributed by atoms with Crippen LogP contribution in [0.1, 0.15) is 36.1 Å². The Labute approximate surface area is 123 Å². The van der Waals surface area contributed by atoms with Crippen molar-refractivity contribution < 1.29 is 9.21 Å². The summed E-state index contributed by atoms with van der Waals surface area (Å²) in [6.45, 7) is 4.52. The minimum atomic E-state index is -0.0124. The first kappa shape index (κ1) is 13.9. The smallest absolute Gasteiger partial charge is 0.289 e. The summed E-state index contributed by atoms with van der Waals surface area (Å²) in [7, 11) is 0. The Morgan fingerprint density at radius 1 is 1.52 bits per heavy atom. The highest BCUT2D eigenvalue weighted by Crippen LogP contribution is 2.21. The number of aromatic nitrogens is 3. The summed E-state index contributed by atoms with van der Waals surface area (Å²) in [4.78, 5) is 14.2. The Kier molecular flexibility index (Phi) is 4.03. The van der Waals surface area contributed by atoms with Gasteiger partial charge in [0.25, 0.3) is 5.91 Å². The van der Waals surface area contributed by atoms with Crippen molar-refractivity contribution in [2.75, 3.05) is 13.1 Å². The minimum absolute atomic E-state index is 0.0124. The first-order valence-electron chi connectivity index (χ1n) is 7.47. The van der Waals surface area contributed by atoms with E-state index in [9.17, 15) is 4.79 Å². The van der Waals surface area contributed by atoms with Crippen LogP contribution in [-0.4, -0.2) is 38.7 Å². The highest BCUT2D eigenvalue weighted by atomic mass is 16.3. The van der Waals surface area contributed by atoms with Gasteiger partial charge in [-0.3, -0.25) is 4.79 Å². The Balaban J connectivity index is 1.64. The van der Waals surface area contributed by atoms with E-state index in [0.29, 0.717) is 11.7 Å². The highest BCUT2D eigenvalue weighted by Gasteiger charge is 2.26. The number of rotatable bonds is 4. The van der Waals surface area contributed by atoms with Crippen LogP contribution in [0.5, 0.6) is 0 Å². The molecular formula is C15H20N4O2. The summed E-state index contributed by atoms with van der Waals surface area (Å²) in [6.07, 6.45) is 6.33. The number of aryl methyl sites for hydroxylation is 1. The molecule has 0 aromatic carbocycles. The van der Waals surface area contributed by atoms with Crippen molar-refractivity contribution in [3.63, 3.8) is 0 Å². The van der Waals surface area contributed by atoms with Crippen LogP contribution in [0, 0.1) is 5.92 Å². The van der Waals surface area contributed by atoms with Gasteiger partial charge in [0.1, 0.15) is 12.2 Å². The van der Waals surface area contributed by atoms with Gasteiger partial charge in [0, 0.05) is 26.1 Å². The van der Waals surface area contributed by atoms with E-state index in [1.54, 1.807) is 24.7 Å². The molecule has 0 spiro atoms. The van der Waals surface area contributed by atoms with E-state index in [1.807, 2.05) is 4.90 Å². The molecule has 3 heterocycles. The molecule has 6 nitrogen and oxygen atoms in total. The zero-order valence-electron chi connectivity index (χ0n) is 12.2. The van der Waals surface area contributed by atoms with Crippen molar-refractivity contribution >= 4 is 5.91 Å². The van der Waals surface area contributed by atoms with Gasteiger partial charge in [-0.05, 0) is 37.8 Å². The molecule has 0 aliphatic carbocycles. The summed E-state index contributed by atoms with van der Waals surface area (Å²) in [6, 6.07) is 3.47. The molecule has 1 aliphatic rings. The maximum atomic E-state index is 12.3. The number of amides is 1. The maximum Gasteiger partial charge on any atom is 0.289 e. The Morgan fingerprint density at radius 2 is 2.43 bits per heavy atom. The van der Waals surface area contributed by atoms with Gasteiger partial charge in [0.05, 0.1) is 6.26 Å². The monoisotopic (exact) mass is 288 g/mol. The molecule has 0 bridgehead atoms. The molecule has 1 saturated heterocycles. The van der Waals surface area contributed by atoms with Crippen molar-refractivity contribution in [3.05, 3.63) is 36.3 Å². The fourth-order valence-electron chi connectivity index (χ4n) is 2.93. The minimum Gasteiger partial charge on any atom is -0.459 e. The van der Waals surface area contributed by atoms with Crippen LogP contribution in [0.15, 0.2) is 29.1 Å². The lowest BCUT2D eigenvalue weighted by Crippen LogP contribution is -2.40. The summed E-state index contributed by atoms with van der Waals surface area (Å²) in [5.41, 5.74) is 0.